The molecule has 35 heavy (non-hydrogen) atoms. The third-order valence-electron chi connectivity index (χ3n) is 4.74. The number of thioether (sulfide) groups is 1. The van der Waals surface area contributed by atoms with Gasteiger partial charge in [-0.05, 0) is 0 Å². The molecule has 0 aliphatic carbocycles. The Labute approximate surface area is 211 Å². The number of nitrogens with one attached hydrogen (secondary N) is 2. The molecular weight excluding hydrogens is 526 g/mol. The highest BCUT2D eigenvalue weighted by atomic mass is 35.5. The Bertz CT molecular complexity index is 1120. The van der Waals surface area contributed by atoms with Gasteiger partial charge in [0, 0.05) is 23.1 Å². The maximum absolute atomic E-state index is 12.9. The molecule has 0 spiro atoms. The van der Waals surface area contributed by atoms with Crippen LogP contribution in [0.25, 0.3) is 0 Å². The van der Waals surface area contributed by atoms with Gasteiger partial charge in [0.1, 0.15) is 42.4 Å². The summed E-state index contributed by atoms with van der Waals surface area (Å²) in [5, 5.41) is 19.3. The molecule has 3 amide bonds. The van der Waals surface area contributed by atoms with Gasteiger partial charge in [-0.1, -0.05) is 12.1 Å². The molecule has 3 N–H and O–H groups in total. The second-order valence-electron chi connectivity index (χ2n) is 6.97. The molecule has 188 valence electrons. The van der Waals surface area contributed by atoms with Crippen LogP contribution in [0.5, 0.6) is 0 Å². The predicted molar refractivity (Wildman–Crippen MR) is 126 cm³/mol. The van der Waals surface area contributed by atoms with E-state index in [2.05, 4.69) is 20.8 Å². The number of thiazole rings is 1. The first kappa shape index (κ1) is 26.4. The Kier molecular flexibility index (Phi) is 8.69. The molecule has 0 saturated carbocycles. The van der Waals surface area contributed by atoms with Crippen LogP contribution in [-0.4, -0.2) is 87.1 Å². The Morgan fingerprint density at radius 3 is 2.74 bits per heavy atom. The van der Waals surface area contributed by atoms with Gasteiger partial charge >= 0.3 is 11.9 Å². The van der Waals surface area contributed by atoms with Crippen molar-refractivity contribution in [3.8, 4) is 0 Å². The average molecular weight is 546 g/mol. The number of carboxylic acid groups (broad SMARTS) is 1. The number of aliphatic carboxylic acids is 1. The largest absolute Gasteiger partial charge is 0.477 e. The fourth-order valence-corrected chi connectivity index (χ4v) is 5.27. The van der Waals surface area contributed by atoms with Gasteiger partial charge in [-0.15, -0.1) is 34.7 Å². The molecule has 2 aliphatic rings. The second-order valence-corrected chi connectivity index (χ2v) is 9.21. The number of nitrogens with zero attached hydrogens (tertiary/aromatic N) is 3. The summed E-state index contributed by atoms with van der Waals surface area (Å²) in [6.45, 7) is 1.36. The number of anilines is 1. The number of carbonyl (C=O) groups excluding carboxylic acids is 4. The maximum Gasteiger partial charge on any atom is 0.352 e. The summed E-state index contributed by atoms with van der Waals surface area (Å²) in [4.78, 5) is 70.4. The van der Waals surface area contributed by atoms with Gasteiger partial charge in [-0.25, -0.2) is 9.78 Å². The minimum absolute atomic E-state index is 0.0882. The quantitative estimate of drug-likeness (QED) is 0.122. The van der Waals surface area contributed by atoms with Crippen molar-refractivity contribution >= 4 is 75.2 Å². The molecule has 3 heterocycles. The smallest absolute Gasteiger partial charge is 0.352 e. The number of rotatable bonds is 10. The summed E-state index contributed by atoms with van der Waals surface area (Å²) in [6, 6.07) is -1.03. The van der Waals surface area contributed by atoms with E-state index in [1.807, 2.05) is 0 Å². The van der Waals surface area contributed by atoms with Crippen LogP contribution in [0.4, 0.5) is 5.13 Å². The van der Waals surface area contributed by atoms with E-state index in [-0.39, 0.29) is 52.5 Å². The van der Waals surface area contributed by atoms with E-state index in [1.54, 1.807) is 6.92 Å². The number of carbonyl (C=O) groups is 5. The van der Waals surface area contributed by atoms with Crippen molar-refractivity contribution < 1.29 is 38.7 Å². The summed E-state index contributed by atoms with van der Waals surface area (Å²) < 4.78 is 5.04. The van der Waals surface area contributed by atoms with E-state index in [0.717, 1.165) is 16.2 Å². The van der Waals surface area contributed by atoms with Gasteiger partial charge in [0.25, 0.3) is 11.8 Å². The summed E-state index contributed by atoms with van der Waals surface area (Å²) in [5.74, 6) is -3.83. The van der Waals surface area contributed by atoms with Crippen molar-refractivity contribution in [3.63, 3.8) is 0 Å². The first-order valence-corrected chi connectivity index (χ1v) is 12.5. The number of halogens is 1. The first-order valence-electron chi connectivity index (χ1n) is 10.0. The lowest BCUT2D eigenvalue weighted by atomic mass is 10.0. The molecule has 2 aliphatic heterocycles. The molecule has 13 nitrogen and oxygen atoms in total. The highest BCUT2D eigenvalue weighted by molar-refractivity contribution is 8.00. The number of fused-ring (bicyclic) bond motifs is 1. The minimum atomic E-state index is -1.34. The van der Waals surface area contributed by atoms with Gasteiger partial charge < -0.3 is 25.3 Å². The second kappa shape index (κ2) is 11.5. The highest BCUT2D eigenvalue weighted by Gasteiger charge is 2.54. The number of oxime groups is 1. The molecular formula is C19H20ClN5O8S2. The van der Waals surface area contributed by atoms with Crippen molar-refractivity contribution in [1.29, 1.82) is 0 Å². The SMILES string of the molecule is CCC(=O)OCC1=C(C(=O)O)N2C(=O)C(NC(=O)/C(=N/OC)c3csc(NC(=O)CCl)n3)[C@H]2SC1. The molecule has 1 fully saturated rings. The van der Waals surface area contributed by atoms with Crippen LogP contribution in [0, 0.1) is 0 Å². The van der Waals surface area contributed by atoms with Crippen molar-refractivity contribution in [2.24, 2.45) is 5.16 Å². The zero-order valence-corrected chi connectivity index (χ0v) is 20.8. The van der Waals surface area contributed by atoms with E-state index in [0.29, 0.717) is 0 Å². The van der Waals surface area contributed by atoms with Gasteiger partial charge in [0.15, 0.2) is 10.8 Å². The van der Waals surface area contributed by atoms with Crippen LogP contribution in [0.2, 0.25) is 0 Å². The van der Waals surface area contributed by atoms with Crippen molar-refractivity contribution in [3.05, 3.63) is 22.3 Å². The van der Waals surface area contributed by atoms with Crippen molar-refractivity contribution in [2.45, 2.75) is 24.8 Å². The maximum atomic E-state index is 12.9. The van der Waals surface area contributed by atoms with Crippen molar-refractivity contribution in [2.75, 3.05) is 30.7 Å². The third-order valence-corrected chi connectivity index (χ3v) is 7.08. The molecule has 1 unspecified atom stereocenters. The highest BCUT2D eigenvalue weighted by Crippen LogP contribution is 2.40. The minimum Gasteiger partial charge on any atom is -0.477 e. The molecule has 0 aromatic carbocycles. The number of amides is 3. The normalized spacial score (nSPS) is 19.5. The number of aromatic nitrogens is 1. The fourth-order valence-electron chi connectivity index (χ4n) is 3.16. The Balaban J connectivity index is 1.74. The molecule has 0 radical (unpaired) electrons. The number of hydrogen-bond donors (Lipinski definition) is 3. The van der Waals surface area contributed by atoms with Crippen LogP contribution >= 0.6 is 34.7 Å². The summed E-state index contributed by atoms with van der Waals surface area (Å²) in [6.07, 6.45) is 0.132. The first-order chi connectivity index (χ1) is 16.7. The zero-order valence-electron chi connectivity index (χ0n) is 18.4. The van der Waals surface area contributed by atoms with Crippen LogP contribution in [0.15, 0.2) is 21.8 Å². The zero-order chi connectivity index (χ0) is 25.7. The average Bonchev–Trinajstić information content (AvgIpc) is 3.30. The Hall–Kier alpha value is -3.17. The molecule has 2 atom stereocenters. The summed E-state index contributed by atoms with van der Waals surface area (Å²) in [7, 11) is 1.22. The molecule has 1 aromatic rings. The van der Waals surface area contributed by atoms with Gasteiger partial charge in [-0.2, -0.15) is 0 Å². The number of esters is 1. The monoisotopic (exact) mass is 545 g/mol. The Morgan fingerprint density at radius 2 is 2.11 bits per heavy atom. The number of alkyl halides is 1. The summed E-state index contributed by atoms with van der Waals surface area (Å²) >= 11 is 7.71. The number of carboxylic acids is 1. The lowest BCUT2D eigenvalue weighted by molar-refractivity contribution is -0.150. The van der Waals surface area contributed by atoms with E-state index in [9.17, 15) is 29.1 Å². The lowest BCUT2D eigenvalue weighted by Crippen LogP contribution is -2.71. The molecule has 1 saturated heterocycles. The number of hydrogen-bond acceptors (Lipinski definition) is 11. The van der Waals surface area contributed by atoms with Crippen molar-refractivity contribution in [1.82, 2.24) is 15.2 Å². The van der Waals surface area contributed by atoms with Gasteiger partial charge in [-0.3, -0.25) is 24.1 Å². The molecule has 1 aromatic heterocycles. The lowest BCUT2D eigenvalue weighted by Gasteiger charge is -2.49. The van der Waals surface area contributed by atoms with E-state index >= 15 is 0 Å². The summed E-state index contributed by atoms with van der Waals surface area (Å²) in [5.41, 5.74) is -0.138. The van der Waals surface area contributed by atoms with Crippen LogP contribution < -0.4 is 10.6 Å². The number of β-lactam (4-membered cyclic amide) rings is 1. The van der Waals surface area contributed by atoms with Gasteiger partial charge in [0.2, 0.25) is 5.91 Å². The predicted octanol–water partition coefficient (Wildman–Crippen LogP) is 0.363. The standard InChI is InChI=1S/C19H20ClN5O8S2/c1-3-11(27)33-5-8-6-34-17-13(16(29)25(17)14(8)18(30)31)23-15(28)12(24-32-2)9-7-35-19(21-9)22-10(26)4-20/h7,13,17H,3-6H2,1-2H3,(H,23,28)(H,30,31)(H,21,22,26)/b24-12+/t13?,17-/m1/s1. The van der Waals surface area contributed by atoms with E-state index < -0.39 is 41.1 Å². The van der Waals surface area contributed by atoms with Crippen LogP contribution in [-0.2, 0) is 33.5 Å². The van der Waals surface area contributed by atoms with E-state index in [4.69, 9.17) is 21.2 Å². The van der Waals surface area contributed by atoms with E-state index in [1.165, 1.54) is 24.3 Å². The van der Waals surface area contributed by atoms with Crippen LogP contribution in [0.3, 0.4) is 0 Å². The van der Waals surface area contributed by atoms with Gasteiger partial charge in [0.05, 0.1) is 0 Å². The Morgan fingerprint density at radius 1 is 1.37 bits per heavy atom. The number of ether oxygens (including phenoxy) is 1. The topological polar surface area (TPSA) is 177 Å². The van der Waals surface area contributed by atoms with Crippen LogP contribution in [0.1, 0.15) is 19.0 Å². The fraction of sp³-hybridized carbons (Fsp3) is 0.421. The molecule has 16 heteroatoms. The third kappa shape index (κ3) is 5.74. The molecule has 0 bridgehead atoms. The molecule has 3 rings (SSSR count).